The van der Waals surface area contributed by atoms with Gasteiger partial charge >= 0.3 is 0 Å². The quantitative estimate of drug-likeness (QED) is 0.421. The SMILES string of the molecule is CCCN(CC(=O)N1CCc2sccc2[C@@H]1COc1ccc(F)cc1)C(=O)c1cccc(OC)c1. The van der Waals surface area contributed by atoms with Gasteiger partial charge in [0.1, 0.15) is 30.5 Å². The van der Waals surface area contributed by atoms with Gasteiger partial charge in [-0.2, -0.15) is 0 Å². The van der Waals surface area contributed by atoms with Crippen LogP contribution in [0, 0.1) is 5.82 Å². The summed E-state index contributed by atoms with van der Waals surface area (Å²) in [5, 5.41) is 2.03. The van der Waals surface area contributed by atoms with Crippen LogP contribution in [0.1, 0.15) is 40.2 Å². The van der Waals surface area contributed by atoms with Crippen molar-refractivity contribution >= 4 is 23.2 Å². The fourth-order valence-electron chi connectivity index (χ4n) is 4.30. The molecule has 35 heavy (non-hydrogen) atoms. The highest BCUT2D eigenvalue weighted by Crippen LogP contribution is 2.34. The van der Waals surface area contributed by atoms with E-state index in [9.17, 15) is 14.0 Å². The number of fused-ring (bicyclic) bond motifs is 1. The van der Waals surface area contributed by atoms with E-state index in [1.54, 1.807) is 64.6 Å². The van der Waals surface area contributed by atoms with Crippen molar-refractivity contribution in [2.24, 2.45) is 0 Å². The summed E-state index contributed by atoms with van der Waals surface area (Å²) in [6, 6.07) is 14.6. The highest BCUT2D eigenvalue weighted by atomic mass is 32.1. The molecule has 0 saturated carbocycles. The zero-order valence-corrected chi connectivity index (χ0v) is 20.7. The maximum atomic E-state index is 13.5. The van der Waals surface area contributed by atoms with E-state index in [-0.39, 0.29) is 36.8 Å². The average molecular weight is 497 g/mol. The number of carbonyl (C=O) groups is 2. The molecule has 2 aromatic carbocycles. The molecule has 2 heterocycles. The number of carbonyl (C=O) groups excluding carboxylic acids is 2. The molecule has 3 aromatic rings. The molecule has 2 amide bonds. The number of nitrogens with zero attached hydrogens (tertiary/aromatic N) is 2. The molecular weight excluding hydrogens is 467 g/mol. The highest BCUT2D eigenvalue weighted by Gasteiger charge is 2.33. The first-order chi connectivity index (χ1) is 17.0. The topological polar surface area (TPSA) is 59.1 Å². The molecule has 1 aromatic heterocycles. The highest BCUT2D eigenvalue weighted by molar-refractivity contribution is 7.10. The summed E-state index contributed by atoms with van der Waals surface area (Å²) in [6.45, 7) is 3.23. The van der Waals surface area contributed by atoms with Crippen LogP contribution in [0.25, 0.3) is 0 Å². The molecule has 184 valence electrons. The van der Waals surface area contributed by atoms with E-state index in [1.807, 2.05) is 18.4 Å². The van der Waals surface area contributed by atoms with Crippen LogP contribution in [-0.4, -0.2) is 55.0 Å². The molecule has 0 unspecified atom stereocenters. The first kappa shape index (κ1) is 24.7. The fraction of sp³-hybridized carbons (Fsp3) is 0.333. The fourth-order valence-corrected chi connectivity index (χ4v) is 5.22. The predicted molar refractivity (Wildman–Crippen MR) is 134 cm³/mol. The summed E-state index contributed by atoms with van der Waals surface area (Å²) in [6.07, 6.45) is 1.50. The summed E-state index contributed by atoms with van der Waals surface area (Å²) < 4.78 is 24.5. The van der Waals surface area contributed by atoms with Crippen LogP contribution in [0.15, 0.2) is 60.0 Å². The lowest BCUT2D eigenvalue weighted by Gasteiger charge is -2.37. The van der Waals surface area contributed by atoms with Crippen LogP contribution < -0.4 is 9.47 Å². The van der Waals surface area contributed by atoms with Crippen molar-refractivity contribution in [3.63, 3.8) is 0 Å². The van der Waals surface area contributed by atoms with Crippen LogP contribution in [0.3, 0.4) is 0 Å². The number of hydrogen-bond acceptors (Lipinski definition) is 5. The first-order valence-electron chi connectivity index (χ1n) is 11.7. The largest absolute Gasteiger partial charge is 0.497 e. The lowest BCUT2D eigenvalue weighted by molar-refractivity contribution is -0.135. The van der Waals surface area contributed by atoms with Gasteiger partial charge in [-0.25, -0.2) is 4.39 Å². The van der Waals surface area contributed by atoms with E-state index in [2.05, 4.69) is 0 Å². The molecule has 8 heteroatoms. The van der Waals surface area contributed by atoms with E-state index in [4.69, 9.17) is 9.47 Å². The number of hydrogen-bond donors (Lipinski definition) is 0. The Bertz CT molecular complexity index is 1160. The van der Waals surface area contributed by atoms with Gasteiger partial charge in [0.15, 0.2) is 0 Å². The monoisotopic (exact) mass is 496 g/mol. The van der Waals surface area contributed by atoms with Gasteiger partial charge in [-0.1, -0.05) is 13.0 Å². The van der Waals surface area contributed by atoms with Gasteiger partial charge in [0.2, 0.25) is 5.91 Å². The molecule has 0 N–H and O–H groups in total. The number of ether oxygens (including phenoxy) is 2. The molecule has 0 radical (unpaired) electrons. The van der Waals surface area contributed by atoms with Crippen molar-refractivity contribution in [2.45, 2.75) is 25.8 Å². The van der Waals surface area contributed by atoms with E-state index in [0.717, 1.165) is 18.4 Å². The van der Waals surface area contributed by atoms with E-state index >= 15 is 0 Å². The Morgan fingerprint density at radius 3 is 2.69 bits per heavy atom. The summed E-state index contributed by atoms with van der Waals surface area (Å²) in [7, 11) is 1.56. The minimum Gasteiger partial charge on any atom is -0.497 e. The second-order valence-electron chi connectivity index (χ2n) is 8.38. The minimum absolute atomic E-state index is 0.0175. The van der Waals surface area contributed by atoms with Crippen LogP contribution >= 0.6 is 11.3 Å². The van der Waals surface area contributed by atoms with Crippen molar-refractivity contribution in [1.82, 2.24) is 9.80 Å². The second kappa shape index (κ2) is 11.4. The summed E-state index contributed by atoms with van der Waals surface area (Å²) in [5.41, 5.74) is 1.55. The third kappa shape index (κ3) is 5.82. The van der Waals surface area contributed by atoms with Crippen molar-refractivity contribution < 1.29 is 23.5 Å². The summed E-state index contributed by atoms with van der Waals surface area (Å²) in [5.74, 6) is 0.481. The zero-order valence-electron chi connectivity index (χ0n) is 19.9. The molecule has 1 aliphatic rings. The molecule has 4 rings (SSSR count). The summed E-state index contributed by atoms with van der Waals surface area (Å²) >= 11 is 1.67. The minimum atomic E-state index is -0.330. The van der Waals surface area contributed by atoms with Crippen LogP contribution in [0.2, 0.25) is 0 Å². The third-order valence-electron chi connectivity index (χ3n) is 6.06. The number of amides is 2. The average Bonchev–Trinajstić information content (AvgIpc) is 3.36. The molecule has 0 aliphatic carbocycles. The molecule has 0 saturated heterocycles. The van der Waals surface area contributed by atoms with Gasteiger partial charge in [-0.05, 0) is 72.3 Å². The number of methoxy groups -OCH3 is 1. The van der Waals surface area contributed by atoms with Gasteiger partial charge in [-0.15, -0.1) is 11.3 Å². The van der Waals surface area contributed by atoms with E-state index in [0.29, 0.717) is 30.2 Å². The Kier molecular flexibility index (Phi) is 8.02. The third-order valence-corrected chi connectivity index (χ3v) is 7.06. The van der Waals surface area contributed by atoms with Crippen molar-refractivity contribution in [3.8, 4) is 11.5 Å². The first-order valence-corrected chi connectivity index (χ1v) is 12.6. The van der Waals surface area contributed by atoms with E-state index < -0.39 is 0 Å². The molecule has 0 bridgehead atoms. The molecular formula is C27H29FN2O4S. The van der Waals surface area contributed by atoms with Gasteiger partial charge in [0.25, 0.3) is 5.91 Å². The van der Waals surface area contributed by atoms with Gasteiger partial charge in [0.05, 0.1) is 13.2 Å². The maximum Gasteiger partial charge on any atom is 0.254 e. The van der Waals surface area contributed by atoms with Crippen LogP contribution in [-0.2, 0) is 11.2 Å². The maximum absolute atomic E-state index is 13.5. The van der Waals surface area contributed by atoms with E-state index in [1.165, 1.54) is 17.0 Å². The Balaban J connectivity index is 1.51. The van der Waals surface area contributed by atoms with Crippen molar-refractivity contribution in [1.29, 1.82) is 0 Å². The Hall–Kier alpha value is -3.39. The van der Waals surface area contributed by atoms with Gasteiger partial charge < -0.3 is 19.3 Å². The number of thiophene rings is 1. The van der Waals surface area contributed by atoms with Crippen LogP contribution in [0.4, 0.5) is 4.39 Å². The lowest BCUT2D eigenvalue weighted by atomic mass is 10.0. The van der Waals surface area contributed by atoms with Gasteiger partial charge in [-0.3, -0.25) is 9.59 Å². The molecule has 1 atom stereocenters. The summed E-state index contributed by atoms with van der Waals surface area (Å²) in [4.78, 5) is 31.4. The smallest absolute Gasteiger partial charge is 0.254 e. The second-order valence-corrected chi connectivity index (χ2v) is 9.38. The normalized spacial score (nSPS) is 14.8. The Morgan fingerprint density at radius 1 is 1.14 bits per heavy atom. The number of halogens is 1. The standard InChI is InChI=1S/C27H29FN2O4S/c1-3-13-29(27(32)19-5-4-6-22(16-19)33-2)17-26(31)30-14-11-25-23(12-15-35-25)24(30)18-34-21-9-7-20(28)8-10-21/h4-10,12,15-16,24H,3,11,13-14,17-18H2,1-2H3/t24-/m0/s1. The van der Waals surface area contributed by atoms with Crippen molar-refractivity contribution in [3.05, 3.63) is 81.8 Å². The Morgan fingerprint density at radius 2 is 1.94 bits per heavy atom. The molecule has 0 spiro atoms. The molecule has 6 nitrogen and oxygen atoms in total. The molecule has 1 aliphatic heterocycles. The lowest BCUT2D eigenvalue weighted by Crippen LogP contribution is -2.48. The number of rotatable bonds is 9. The zero-order chi connectivity index (χ0) is 24.8. The molecule has 0 fully saturated rings. The van der Waals surface area contributed by atoms with Crippen molar-refractivity contribution in [2.75, 3.05) is 33.4 Å². The van der Waals surface area contributed by atoms with Gasteiger partial charge in [0, 0.05) is 23.5 Å². The van der Waals surface area contributed by atoms with Crippen LogP contribution in [0.5, 0.6) is 11.5 Å². The Labute approximate surface area is 208 Å². The number of benzene rings is 2. The predicted octanol–water partition coefficient (Wildman–Crippen LogP) is 4.95.